The van der Waals surface area contributed by atoms with Crippen LogP contribution in [0.3, 0.4) is 0 Å². The van der Waals surface area contributed by atoms with Gasteiger partial charge in [-0.25, -0.2) is 4.98 Å². The number of amides is 1. The Morgan fingerprint density at radius 3 is 2.85 bits per heavy atom. The third kappa shape index (κ3) is 3.69. The maximum absolute atomic E-state index is 12.4. The summed E-state index contributed by atoms with van der Waals surface area (Å²) in [5.74, 6) is 0.616. The lowest BCUT2D eigenvalue weighted by Crippen LogP contribution is -2.29. The van der Waals surface area contributed by atoms with E-state index >= 15 is 0 Å². The molecule has 3 heterocycles. The number of aliphatic imine (C=N–C) groups is 1. The van der Waals surface area contributed by atoms with Gasteiger partial charge >= 0.3 is 0 Å². The number of ether oxygens (including phenoxy) is 1. The Hall–Kier alpha value is -2.88. The summed E-state index contributed by atoms with van der Waals surface area (Å²) in [5, 5.41) is 3.29. The van der Waals surface area contributed by atoms with E-state index in [-0.39, 0.29) is 17.4 Å². The van der Waals surface area contributed by atoms with Crippen molar-refractivity contribution in [3.63, 3.8) is 0 Å². The quantitative estimate of drug-likeness (QED) is 0.730. The van der Waals surface area contributed by atoms with Gasteiger partial charge in [-0.05, 0) is 25.0 Å². The van der Waals surface area contributed by atoms with Crippen LogP contribution in [0.5, 0.6) is 5.88 Å². The lowest BCUT2D eigenvalue weighted by molar-refractivity contribution is 0.102. The first-order valence-electron chi connectivity index (χ1n) is 7.83. The molecule has 136 valence electrons. The van der Waals surface area contributed by atoms with Gasteiger partial charge in [-0.15, -0.1) is 0 Å². The van der Waals surface area contributed by atoms with Gasteiger partial charge in [0.25, 0.3) is 5.91 Å². The van der Waals surface area contributed by atoms with Crippen LogP contribution in [-0.2, 0) is 5.54 Å². The fraction of sp³-hybridized carbons (Fsp3) is 0.312. The standard InChI is InChI=1S/C16H19N7O2S/c1-16(3-4-26-15(18)23-16)9-5-10(7-19-6-9)21-14(24)12-13(17)22-11(25-2)8-20-12/h5-8H,3-4H2,1-2H3,(H2,17,22)(H2,18,23)(H,21,24)/t16-/m0/s1. The first-order valence-corrected chi connectivity index (χ1v) is 8.81. The van der Waals surface area contributed by atoms with Crippen molar-refractivity contribution in [2.45, 2.75) is 18.9 Å². The lowest BCUT2D eigenvalue weighted by atomic mass is 9.91. The number of methoxy groups -OCH3 is 1. The third-order valence-corrected chi connectivity index (χ3v) is 4.81. The smallest absolute Gasteiger partial charge is 0.278 e. The van der Waals surface area contributed by atoms with E-state index in [0.717, 1.165) is 17.7 Å². The molecule has 26 heavy (non-hydrogen) atoms. The molecule has 5 N–H and O–H groups in total. The largest absolute Gasteiger partial charge is 0.480 e. The van der Waals surface area contributed by atoms with Crippen LogP contribution in [0.1, 0.15) is 29.4 Å². The summed E-state index contributed by atoms with van der Waals surface area (Å²) in [7, 11) is 1.44. The molecule has 0 spiro atoms. The molecule has 0 unspecified atom stereocenters. The number of rotatable bonds is 4. The van der Waals surface area contributed by atoms with Gasteiger partial charge < -0.3 is 21.5 Å². The minimum Gasteiger partial charge on any atom is -0.480 e. The van der Waals surface area contributed by atoms with Crippen LogP contribution in [-0.4, -0.2) is 38.9 Å². The number of hydrogen-bond acceptors (Lipinski definition) is 9. The molecule has 1 atom stereocenters. The Balaban J connectivity index is 1.83. The number of anilines is 2. The second-order valence-corrected chi connectivity index (χ2v) is 7.00. The van der Waals surface area contributed by atoms with Crippen molar-refractivity contribution in [3.05, 3.63) is 35.9 Å². The number of nitrogens with one attached hydrogen (secondary N) is 1. The second kappa shape index (κ2) is 7.16. The highest BCUT2D eigenvalue weighted by Crippen LogP contribution is 2.35. The zero-order valence-corrected chi connectivity index (χ0v) is 15.2. The molecule has 0 fully saturated rings. The molecule has 9 nitrogen and oxygen atoms in total. The highest BCUT2D eigenvalue weighted by molar-refractivity contribution is 8.13. The normalized spacial score (nSPS) is 19.5. The number of hydrogen-bond donors (Lipinski definition) is 3. The van der Waals surface area contributed by atoms with E-state index in [9.17, 15) is 4.79 Å². The SMILES string of the molecule is COc1cnc(C(=O)Nc2cncc([C@]3(C)CCSC(N)=N3)c2)c(N)n1. The van der Waals surface area contributed by atoms with E-state index in [0.29, 0.717) is 10.9 Å². The minimum atomic E-state index is -0.482. The summed E-state index contributed by atoms with van der Waals surface area (Å²) in [4.78, 5) is 29.1. The monoisotopic (exact) mass is 373 g/mol. The van der Waals surface area contributed by atoms with Gasteiger partial charge in [0.1, 0.15) is 0 Å². The average molecular weight is 373 g/mol. The van der Waals surface area contributed by atoms with E-state index in [1.54, 1.807) is 12.4 Å². The molecular weight excluding hydrogens is 354 g/mol. The molecule has 10 heteroatoms. The van der Waals surface area contributed by atoms with Crippen molar-refractivity contribution < 1.29 is 9.53 Å². The summed E-state index contributed by atoms with van der Waals surface area (Å²) in [6, 6.07) is 1.82. The first kappa shape index (κ1) is 17.9. The fourth-order valence-electron chi connectivity index (χ4n) is 2.55. The fourth-order valence-corrected chi connectivity index (χ4v) is 3.52. The Kier molecular flexibility index (Phi) is 4.94. The molecule has 0 saturated carbocycles. The Morgan fingerprint density at radius 1 is 1.35 bits per heavy atom. The van der Waals surface area contributed by atoms with Crippen LogP contribution in [0.25, 0.3) is 0 Å². The van der Waals surface area contributed by atoms with Crippen molar-refractivity contribution in [2.75, 3.05) is 23.9 Å². The van der Waals surface area contributed by atoms with Gasteiger partial charge in [-0.1, -0.05) is 11.8 Å². The van der Waals surface area contributed by atoms with Crippen LogP contribution in [0.2, 0.25) is 0 Å². The Labute approximate surface area is 154 Å². The molecule has 1 aliphatic rings. The molecule has 1 amide bonds. The maximum Gasteiger partial charge on any atom is 0.278 e. The third-order valence-electron chi connectivity index (χ3n) is 4.02. The van der Waals surface area contributed by atoms with Crippen molar-refractivity contribution in [1.82, 2.24) is 15.0 Å². The molecule has 3 rings (SSSR count). The zero-order chi connectivity index (χ0) is 18.7. The number of aromatic nitrogens is 3. The van der Waals surface area contributed by atoms with Crippen LogP contribution in [0.15, 0.2) is 29.6 Å². The van der Waals surface area contributed by atoms with E-state index in [2.05, 4.69) is 25.3 Å². The molecule has 0 aliphatic carbocycles. The van der Waals surface area contributed by atoms with Gasteiger partial charge in [0.2, 0.25) is 5.88 Å². The zero-order valence-electron chi connectivity index (χ0n) is 14.4. The van der Waals surface area contributed by atoms with Crippen LogP contribution < -0.4 is 21.5 Å². The number of carbonyl (C=O) groups excluding carboxylic acids is 1. The molecule has 1 aliphatic heterocycles. The predicted octanol–water partition coefficient (Wildman–Crippen LogP) is 1.38. The highest BCUT2D eigenvalue weighted by Gasteiger charge is 2.30. The topological polar surface area (TPSA) is 141 Å². The molecule has 0 aromatic carbocycles. The van der Waals surface area contributed by atoms with Crippen molar-refractivity contribution in [3.8, 4) is 5.88 Å². The average Bonchev–Trinajstić information content (AvgIpc) is 2.61. The minimum absolute atomic E-state index is 0.0127. The summed E-state index contributed by atoms with van der Waals surface area (Å²) in [6.45, 7) is 2.00. The molecule has 2 aromatic heterocycles. The van der Waals surface area contributed by atoms with Crippen LogP contribution in [0, 0.1) is 0 Å². The summed E-state index contributed by atoms with van der Waals surface area (Å²) in [5.41, 5.74) is 12.6. The Bertz CT molecular complexity index is 873. The molecule has 2 aromatic rings. The lowest BCUT2D eigenvalue weighted by Gasteiger charge is -2.29. The summed E-state index contributed by atoms with van der Waals surface area (Å²) < 4.78 is 4.93. The summed E-state index contributed by atoms with van der Waals surface area (Å²) >= 11 is 1.53. The van der Waals surface area contributed by atoms with Gasteiger partial charge in [0, 0.05) is 11.9 Å². The van der Waals surface area contributed by atoms with Crippen LogP contribution in [0.4, 0.5) is 11.5 Å². The number of thioether (sulfide) groups is 1. The first-order chi connectivity index (χ1) is 12.4. The molecule has 0 bridgehead atoms. The van der Waals surface area contributed by atoms with Gasteiger partial charge in [-0.3, -0.25) is 14.8 Å². The molecule has 0 radical (unpaired) electrons. The highest BCUT2D eigenvalue weighted by atomic mass is 32.2. The van der Waals surface area contributed by atoms with E-state index in [4.69, 9.17) is 16.2 Å². The number of carbonyl (C=O) groups is 1. The van der Waals surface area contributed by atoms with E-state index in [1.807, 2.05) is 13.0 Å². The second-order valence-electron chi connectivity index (χ2n) is 5.88. The molecule has 0 saturated heterocycles. The number of nitrogens with two attached hydrogens (primary N) is 2. The molecular formula is C16H19N7O2S. The maximum atomic E-state index is 12.4. The number of nitrogens with zero attached hydrogens (tertiary/aromatic N) is 4. The van der Waals surface area contributed by atoms with E-state index in [1.165, 1.54) is 25.1 Å². The van der Waals surface area contributed by atoms with Gasteiger partial charge in [0.05, 0.1) is 30.7 Å². The number of nitrogen functional groups attached to an aromatic ring is 1. The van der Waals surface area contributed by atoms with E-state index < -0.39 is 11.4 Å². The summed E-state index contributed by atoms with van der Waals surface area (Å²) in [6.07, 6.45) is 5.43. The number of pyridine rings is 1. The van der Waals surface area contributed by atoms with Gasteiger partial charge in [-0.2, -0.15) is 4.98 Å². The Morgan fingerprint density at radius 2 is 2.15 bits per heavy atom. The predicted molar refractivity (Wildman–Crippen MR) is 101 cm³/mol. The van der Waals surface area contributed by atoms with Crippen molar-refractivity contribution in [2.24, 2.45) is 10.7 Å². The van der Waals surface area contributed by atoms with Crippen LogP contribution >= 0.6 is 11.8 Å². The van der Waals surface area contributed by atoms with Gasteiger partial charge in [0.15, 0.2) is 16.7 Å². The van der Waals surface area contributed by atoms with Crippen molar-refractivity contribution >= 4 is 34.3 Å². The van der Waals surface area contributed by atoms with Crippen molar-refractivity contribution in [1.29, 1.82) is 0 Å². The number of amidine groups is 1.